The number of aryl methyl sites for hydroxylation is 1. The molecule has 0 radical (unpaired) electrons. The van der Waals surface area contributed by atoms with Crippen LogP contribution in [0.15, 0.2) is 71.6 Å². The van der Waals surface area contributed by atoms with Gasteiger partial charge in [0, 0.05) is 13.1 Å². The van der Waals surface area contributed by atoms with Crippen LogP contribution in [-0.2, 0) is 26.0 Å². The molecule has 6 nitrogen and oxygen atoms in total. The van der Waals surface area contributed by atoms with Crippen molar-refractivity contribution in [2.45, 2.75) is 32.1 Å². The van der Waals surface area contributed by atoms with Gasteiger partial charge in [-0.2, -0.15) is 0 Å². The Morgan fingerprint density at radius 2 is 1.53 bits per heavy atom. The van der Waals surface area contributed by atoms with E-state index in [4.69, 9.17) is 0 Å². The first kappa shape index (κ1) is 23.5. The summed E-state index contributed by atoms with van der Waals surface area (Å²) in [7, 11) is -4.14. The Hall–Kier alpha value is -3.19. The third-order valence-corrected chi connectivity index (χ3v) is 6.86. The van der Waals surface area contributed by atoms with Crippen LogP contribution in [0.1, 0.15) is 25.0 Å². The summed E-state index contributed by atoms with van der Waals surface area (Å²) in [6.07, 6.45) is 0.120. The lowest BCUT2D eigenvalue weighted by Crippen LogP contribution is -2.46. The van der Waals surface area contributed by atoms with Gasteiger partial charge in [0.2, 0.25) is 11.8 Å². The fourth-order valence-electron chi connectivity index (χ4n) is 3.60. The van der Waals surface area contributed by atoms with Crippen molar-refractivity contribution in [2.24, 2.45) is 5.92 Å². The molecule has 0 aliphatic heterocycles. The number of benzene rings is 3. The molecule has 168 valence electrons. The first-order valence-corrected chi connectivity index (χ1v) is 12.1. The summed E-state index contributed by atoms with van der Waals surface area (Å²) in [5.41, 5.74) is 1.85. The quantitative estimate of drug-likeness (QED) is 0.529. The molecule has 0 aromatic heterocycles. The van der Waals surface area contributed by atoms with Crippen molar-refractivity contribution < 1.29 is 18.0 Å². The monoisotopic (exact) mass is 452 g/mol. The maximum atomic E-state index is 13.1. The third-order valence-electron chi connectivity index (χ3n) is 5.52. The van der Waals surface area contributed by atoms with Gasteiger partial charge in [-0.3, -0.25) is 9.59 Å². The highest BCUT2D eigenvalue weighted by Crippen LogP contribution is 2.20. The summed E-state index contributed by atoms with van der Waals surface area (Å²) in [6.45, 7) is 6.47. The number of nitrogens with zero attached hydrogens (tertiary/aromatic N) is 1. The van der Waals surface area contributed by atoms with E-state index in [1.165, 1.54) is 12.1 Å². The zero-order valence-corrected chi connectivity index (χ0v) is 19.4. The van der Waals surface area contributed by atoms with E-state index in [1.54, 1.807) is 17.0 Å². The minimum absolute atomic E-state index is 0.0195. The van der Waals surface area contributed by atoms with Gasteiger partial charge in [-0.15, -0.1) is 0 Å². The topological polar surface area (TPSA) is 83.6 Å². The molecule has 0 spiro atoms. The van der Waals surface area contributed by atoms with Crippen molar-refractivity contribution in [3.05, 3.63) is 77.9 Å². The number of amides is 2. The molecule has 0 bridgehead atoms. The van der Waals surface area contributed by atoms with E-state index >= 15 is 0 Å². The zero-order chi connectivity index (χ0) is 23.3. The van der Waals surface area contributed by atoms with Gasteiger partial charge in [0.15, 0.2) is 0 Å². The number of carbonyl (C=O) groups is 2. The van der Waals surface area contributed by atoms with Crippen molar-refractivity contribution >= 4 is 32.6 Å². The normalized spacial score (nSPS) is 12.3. The van der Waals surface area contributed by atoms with Gasteiger partial charge >= 0.3 is 0 Å². The Morgan fingerprint density at radius 1 is 0.906 bits per heavy atom. The highest BCUT2D eigenvalue weighted by atomic mass is 32.2. The Kier molecular flexibility index (Phi) is 7.30. The lowest BCUT2D eigenvalue weighted by Gasteiger charge is -2.24. The zero-order valence-electron chi connectivity index (χ0n) is 18.5. The Bertz CT molecular complexity index is 1220. The lowest BCUT2D eigenvalue weighted by molar-refractivity contribution is -0.141. The maximum Gasteiger partial charge on any atom is 0.264 e. The molecular weight excluding hydrogens is 424 g/mol. The van der Waals surface area contributed by atoms with Crippen LogP contribution in [-0.4, -0.2) is 38.2 Å². The van der Waals surface area contributed by atoms with Gasteiger partial charge in [-0.1, -0.05) is 60.2 Å². The summed E-state index contributed by atoms with van der Waals surface area (Å²) in [5, 5.41) is 1.64. The van der Waals surface area contributed by atoms with Crippen LogP contribution < -0.4 is 4.72 Å². The molecule has 32 heavy (non-hydrogen) atoms. The Balaban J connectivity index is 1.89. The fourth-order valence-corrected chi connectivity index (χ4v) is 4.66. The molecule has 0 saturated carbocycles. The summed E-state index contributed by atoms with van der Waals surface area (Å²) >= 11 is 0. The molecule has 0 heterocycles. The molecule has 0 unspecified atom stereocenters. The van der Waals surface area contributed by atoms with E-state index in [1.807, 2.05) is 63.2 Å². The van der Waals surface area contributed by atoms with Gasteiger partial charge in [-0.25, -0.2) is 13.1 Å². The highest BCUT2D eigenvalue weighted by molar-refractivity contribution is 7.90. The van der Waals surface area contributed by atoms with Gasteiger partial charge in [0.05, 0.1) is 4.90 Å². The van der Waals surface area contributed by atoms with E-state index < -0.39 is 21.8 Å². The molecule has 1 N–H and O–H groups in total. The highest BCUT2D eigenvalue weighted by Gasteiger charge is 2.33. The van der Waals surface area contributed by atoms with Crippen molar-refractivity contribution in [3.8, 4) is 0 Å². The molecule has 0 saturated heterocycles. The summed E-state index contributed by atoms with van der Waals surface area (Å²) in [5.74, 6) is -2.36. The van der Waals surface area contributed by atoms with Crippen molar-refractivity contribution in [2.75, 3.05) is 13.1 Å². The number of hydrogen-bond donors (Lipinski definition) is 1. The van der Waals surface area contributed by atoms with Gasteiger partial charge in [0.1, 0.15) is 5.92 Å². The predicted molar refractivity (Wildman–Crippen MR) is 126 cm³/mol. The van der Waals surface area contributed by atoms with Crippen LogP contribution in [0, 0.1) is 12.8 Å². The van der Waals surface area contributed by atoms with Crippen LogP contribution in [0.5, 0.6) is 0 Å². The second-order valence-electron chi connectivity index (χ2n) is 7.73. The number of rotatable bonds is 8. The summed E-state index contributed by atoms with van der Waals surface area (Å²) in [4.78, 5) is 27.7. The Labute approximate surface area is 189 Å². The molecule has 0 aliphatic carbocycles. The van der Waals surface area contributed by atoms with Gasteiger partial charge < -0.3 is 4.90 Å². The lowest BCUT2D eigenvalue weighted by atomic mass is 9.96. The second kappa shape index (κ2) is 9.96. The number of sulfonamides is 1. The molecule has 7 heteroatoms. The van der Waals surface area contributed by atoms with E-state index in [9.17, 15) is 18.0 Å². The molecule has 3 aromatic rings. The number of hydrogen-bond acceptors (Lipinski definition) is 4. The second-order valence-corrected chi connectivity index (χ2v) is 9.41. The average molecular weight is 453 g/mol. The SMILES string of the molecule is CCN(CC)C(=O)[C@H](Cc1ccc(C)cc1)C(=O)NS(=O)(=O)c1ccc2ccccc2c1. The first-order valence-electron chi connectivity index (χ1n) is 10.6. The van der Waals surface area contributed by atoms with E-state index in [0.29, 0.717) is 13.1 Å². The molecule has 1 atom stereocenters. The summed E-state index contributed by atoms with van der Waals surface area (Å²) in [6, 6.07) is 19.5. The van der Waals surface area contributed by atoms with Gasteiger partial charge in [-0.05, 0) is 55.7 Å². The maximum absolute atomic E-state index is 13.1. The Morgan fingerprint density at radius 3 is 2.16 bits per heavy atom. The smallest absolute Gasteiger partial charge is 0.264 e. The molecular formula is C25H28N2O4S. The molecule has 2 amide bonds. The molecule has 0 aliphatic rings. The van der Waals surface area contributed by atoms with Crippen LogP contribution in [0.3, 0.4) is 0 Å². The van der Waals surface area contributed by atoms with E-state index in [-0.39, 0.29) is 17.2 Å². The standard InChI is InChI=1S/C25H28N2O4S/c1-4-27(5-2)25(29)23(16-19-12-10-18(3)11-13-19)24(28)26-32(30,31)22-15-14-20-8-6-7-9-21(20)17-22/h6-15,17,23H,4-5,16H2,1-3H3,(H,26,28)/t23-/m1/s1. The first-order chi connectivity index (χ1) is 15.2. The van der Waals surface area contributed by atoms with E-state index in [0.717, 1.165) is 21.9 Å². The number of fused-ring (bicyclic) bond motifs is 1. The third kappa shape index (κ3) is 5.34. The van der Waals surface area contributed by atoms with E-state index in [2.05, 4.69) is 4.72 Å². The molecule has 3 rings (SSSR count). The predicted octanol–water partition coefficient (Wildman–Crippen LogP) is 3.68. The minimum Gasteiger partial charge on any atom is -0.343 e. The molecule has 0 fully saturated rings. The van der Waals surface area contributed by atoms with Crippen molar-refractivity contribution in [1.82, 2.24) is 9.62 Å². The molecule has 3 aromatic carbocycles. The largest absolute Gasteiger partial charge is 0.343 e. The summed E-state index contributed by atoms with van der Waals surface area (Å²) < 4.78 is 28.1. The van der Waals surface area contributed by atoms with Crippen molar-refractivity contribution in [1.29, 1.82) is 0 Å². The van der Waals surface area contributed by atoms with Gasteiger partial charge in [0.25, 0.3) is 10.0 Å². The average Bonchev–Trinajstić information content (AvgIpc) is 2.78. The van der Waals surface area contributed by atoms with Crippen LogP contribution in [0.4, 0.5) is 0 Å². The number of nitrogens with one attached hydrogen (secondary N) is 1. The minimum atomic E-state index is -4.14. The fraction of sp³-hybridized carbons (Fsp3) is 0.280. The number of carbonyl (C=O) groups excluding carboxylic acids is 2. The van der Waals surface area contributed by atoms with Crippen LogP contribution in [0.2, 0.25) is 0 Å². The van der Waals surface area contributed by atoms with Crippen molar-refractivity contribution in [3.63, 3.8) is 0 Å². The van der Waals surface area contributed by atoms with Crippen LogP contribution in [0.25, 0.3) is 10.8 Å². The van der Waals surface area contributed by atoms with Crippen LogP contribution >= 0.6 is 0 Å².